The number of hydrogen-bond donors (Lipinski definition) is 1. The lowest BCUT2D eigenvalue weighted by Crippen LogP contribution is -2.36. The molecule has 9 nitrogen and oxygen atoms in total. The van der Waals surface area contributed by atoms with E-state index >= 15 is 0 Å². The van der Waals surface area contributed by atoms with Gasteiger partial charge in [-0.25, -0.2) is 4.98 Å². The van der Waals surface area contributed by atoms with Gasteiger partial charge in [0, 0.05) is 47.6 Å². The van der Waals surface area contributed by atoms with E-state index in [1.807, 2.05) is 18.2 Å². The molecule has 1 saturated heterocycles. The molecule has 1 aliphatic rings. The van der Waals surface area contributed by atoms with Gasteiger partial charge in [0.25, 0.3) is 0 Å². The first-order chi connectivity index (χ1) is 18.1. The molecule has 0 saturated carbocycles. The summed E-state index contributed by atoms with van der Waals surface area (Å²) >= 11 is 4.85. The van der Waals surface area contributed by atoms with E-state index in [9.17, 15) is 10.4 Å². The van der Waals surface area contributed by atoms with E-state index in [2.05, 4.69) is 44.2 Å². The molecule has 4 aromatic rings. The van der Waals surface area contributed by atoms with Crippen LogP contribution in [-0.4, -0.2) is 48.7 Å². The van der Waals surface area contributed by atoms with Crippen molar-refractivity contribution < 1.29 is 23.8 Å². The van der Waals surface area contributed by atoms with Crippen LogP contribution in [0.1, 0.15) is 21.6 Å². The Morgan fingerprint density at radius 2 is 1.97 bits per heavy atom. The van der Waals surface area contributed by atoms with Gasteiger partial charge in [0.15, 0.2) is 6.29 Å². The third-order valence-corrected chi connectivity index (χ3v) is 8.04. The van der Waals surface area contributed by atoms with Gasteiger partial charge in [0.1, 0.15) is 30.2 Å². The number of thiophene rings is 1. The molecule has 1 unspecified atom stereocenters. The Labute approximate surface area is 225 Å². The van der Waals surface area contributed by atoms with E-state index in [-0.39, 0.29) is 18.1 Å². The first-order valence-corrected chi connectivity index (χ1v) is 13.1. The zero-order valence-corrected chi connectivity index (χ0v) is 22.3. The van der Waals surface area contributed by atoms with Crippen molar-refractivity contribution in [3.05, 3.63) is 68.5 Å². The quantitative estimate of drug-likeness (QED) is 0.281. The first kappa shape index (κ1) is 25.4. The van der Waals surface area contributed by atoms with Crippen LogP contribution in [0.5, 0.6) is 5.88 Å². The summed E-state index contributed by atoms with van der Waals surface area (Å²) in [6.45, 7) is 3.27. The minimum absolute atomic E-state index is 0.140. The van der Waals surface area contributed by atoms with Crippen molar-refractivity contribution in [1.82, 2.24) is 10.1 Å². The van der Waals surface area contributed by atoms with Crippen LogP contribution >= 0.6 is 27.3 Å². The lowest BCUT2D eigenvalue weighted by molar-refractivity contribution is -0.0743. The predicted octanol–water partition coefficient (Wildman–Crippen LogP) is 5.15. The number of rotatable bonds is 8. The molecule has 0 bridgehead atoms. The highest BCUT2D eigenvalue weighted by atomic mass is 79.9. The van der Waals surface area contributed by atoms with Crippen LogP contribution in [-0.2, 0) is 16.1 Å². The number of aromatic nitrogens is 2. The van der Waals surface area contributed by atoms with Gasteiger partial charge in [0.2, 0.25) is 5.88 Å². The topological polar surface area (TPSA) is 114 Å². The Morgan fingerprint density at radius 1 is 1.19 bits per heavy atom. The second-order valence-electron chi connectivity index (χ2n) is 8.17. The monoisotopic (exact) mass is 582 g/mol. The molecule has 1 atom stereocenters. The van der Waals surface area contributed by atoms with E-state index in [4.69, 9.17) is 23.7 Å². The standard InChI is InChI=1S/C26H23BrN4O5S/c1-33-26(32)23-13-20(27)24(37-23)15-35-25-19(14-28)18(21-6-9-36-30-21)12-22(29-25)16-2-4-17(5-3-16)31-7-10-34-11-8-31/h2-6,9,12-13,26,32H,7-8,10-11,15H2,1H3. The number of aliphatic hydroxyl groups is 1. The maximum absolute atomic E-state index is 10.0. The molecule has 0 spiro atoms. The largest absolute Gasteiger partial charge is 0.471 e. The maximum atomic E-state index is 10.0. The summed E-state index contributed by atoms with van der Waals surface area (Å²) in [5, 5.41) is 24.0. The number of ether oxygens (including phenoxy) is 3. The zero-order chi connectivity index (χ0) is 25.8. The van der Waals surface area contributed by atoms with Gasteiger partial charge >= 0.3 is 0 Å². The van der Waals surface area contributed by atoms with Crippen molar-refractivity contribution in [3.63, 3.8) is 0 Å². The number of aliphatic hydroxyl groups excluding tert-OH is 1. The average Bonchev–Trinajstić information content (AvgIpc) is 3.61. The highest BCUT2D eigenvalue weighted by Crippen LogP contribution is 2.36. The number of morpholine rings is 1. The zero-order valence-electron chi connectivity index (χ0n) is 19.9. The number of nitrogens with zero attached hydrogens (tertiary/aromatic N) is 4. The number of hydrogen-bond acceptors (Lipinski definition) is 10. The van der Waals surface area contributed by atoms with Crippen LogP contribution in [0.3, 0.4) is 0 Å². The predicted molar refractivity (Wildman–Crippen MR) is 141 cm³/mol. The van der Waals surface area contributed by atoms with Crippen LogP contribution in [0.2, 0.25) is 0 Å². The van der Waals surface area contributed by atoms with Gasteiger partial charge in [0.05, 0.1) is 28.7 Å². The molecule has 0 aliphatic carbocycles. The van der Waals surface area contributed by atoms with Crippen molar-refractivity contribution in [2.24, 2.45) is 0 Å². The fraction of sp³-hybridized carbons (Fsp3) is 0.269. The Morgan fingerprint density at radius 3 is 2.65 bits per heavy atom. The number of halogens is 1. The summed E-state index contributed by atoms with van der Waals surface area (Å²) in [4.78, 5) is 8.45. The van der Waals surface area contributed by atoms with E-state index in [0.29, 0.717) is 35.0 Å². The fourth-order valence-electron chi connectivity index (χ4n) is 4.00. The number of anilines is 1. The highest BCUT2D eigenvalue weighted by Gasteiger charge is 2.20. The molecular formula is C26H23BrN4O5S. The Balaban J connectivity index is 1.48. The van der Waals surface area contributed by atoms with E-state index in [0.717, 1.165) is 33.7 Å². The Bertz CT molecular complexity index is 1400. The van der Waals surface area contributed by atoms with Crippen molar-refractivity contribution >= 4 is 33.0 Å². The Hall–Kier alpha value is -3.27. The van der Waals surface area contributed by atoms with Crippen LogP contribution in [0.15, 0.2) is 57.7 Å². The second kappa shape index (κ2) is 11.4. The smallest absolute Gasteiger partial charge is 0.233 e. The van der Waals surface area contributed by atoms with Gasteiger partial charge in [-0.15, -0.1) is 11.3 Å². The van der Waals surface area contributed by atoms with Gasteiger partial charge in [-0.3, -0.25) is 0 Å². The highest BCUT2D eigenvalue weighted by molar-refractivity contribution is 9.10. The summed E-state index contributed by atoms with van der Waals surface area (Å²) in [5.41, 5.74) is 3.96. The van der Waals surface area contributed by atoms with E-state index in [1.165, 1.54) is 24.7 Å². The lowest BCUT2D eigenvalue weighted by atomic mass is 10.0. The van der Waals surface area contributed by atoms with Crippen molar-refractivity contribution in [2.75, 3.05) is 38.3 Å². The fourth-order valence-corrected chi connectivity index (χ4v) is 5.68. The summed E-state index contributed by atoms with van der Waals surface area (Å²) < 4.78 is 22.3. The van der Waals surface area contributed by atoms with Crippen LogP contribution < -0.4 is 9.64 Å². The molecule has 1 aliphatic heterocycles. The molecule has 1 aromatic carbocycles. The minimum atomic E-state index is -1.02. The molecule has 5 rings (SSSR count). The van der Waals surface area contributed by atoms with Crippen LogP contribution in [0.4, 0.5) is 5.69 Å². The Kier molecular flexibility index (Phi) is 7.83. The van der Waals surface area contributed by atoms with E-state index < -0.39 is 6.29 Å². The van der Waals surface area contributed by atoms with Crippen molar-refractivity contribution in [1.29, 1.82) is 5.26 Å². The maximum Gasteiger partial charge on any atom is 0.233 e. The first-order valence-electron chi connectivity index (χ1n) is 11.5. The molecule has 1 fully saturated rings. The number of benzene rings is 1. The molecule has 0 radical (unpaired) electrons. The average molecular weight is 583 g/mol. The van der Waals surface area contributed by atoms with Gasteiger partial charge in [-0.2, -0.15) is 5.26 Å². The molecule has 37 heavy (non-hydrogen) atoms. The number of nitriles is 1. The van der Waals surface area contributed by atoms with Gasteiger partial charge in [-0.05, 0) is 40.2 Å². The summed E-state index contributed by atoms with van der Waals surface area (Å²) in [6.07, 6.45) is 0.435. The minimum Gasteiger partial charge on any atom is -0.471 e. The van der Waals surface area contributed by atoms with Crippen LogP contribution in [0, 0.1) is 11.3 Å². The third-order valence-electron chi connectivity index (χ3n) is 5.93. The summed E-state index contributed by atoms with van der Waals surface area (Å²) in [7, 11) is 1.43. The third kappa shape index (κ3) is 5.53. The number of pyridine rings is 1. The molecule has 0 amide bonds. The molecule has 4 heterocycles. The van der Waals surface area contributed by atoms with Gasteiger partial charge < -0.3 is 28.7 Å². The van der Waals surface area contributed by atoms with Crippen molar-refractivity contribution in [3.8, 4) is 34.5 Å². The van der Waals surface area contributed by atoms with Crippen molar-refractivity contribution in [2.45, 2.75) is 12.9 Å². The normalized spacial score (nSPS) is 14.4. The second-order valence-corrected chi connectivity index (χ2v) is 10.2. The molecule has 1 N–H and O–H groups in total. The van der Waals surface area contributed by atoms with Gasteiger partial charge in [-0.1, -0.05) is 17.3 Å². The van der Waals surface area contributed by atoms with Crippen LogP contribution in [0.25, 0.3) is 22.5 Å². The summed E-state index contributed by atoms with van der Waals surface area (Å²) in [6, 6.07) is 15.6. The number of methoxy groups -OCH3 is 1. The summed E-state index contributed by atoms with van der Waals surface area (Å²) in [5.74, 6) is 0.185. The molecular weight excluding hydrogens is 560 g/mol. The molecule has 11 heteroatoms. The lowest BCUT2D eigenvalue weighted by Gasteiger charge is -2.28. The van der Waals surface area contributed by atoms with E-state index in [1.54, 1.807) is 12.1 Å². The molecule has 190 valence electrons. The SMILES string of the molecule is COC(O)c1cc(Br)c(COc2nc(-c3ccc(N4CCOCC4)cc3)cc(-c3ccon3)c2C#N)s1. The molecule has 3 aromatic heterocycles.